The standard InChI is InChI=1S/C23H24Cl2N2O2/c1-3-23-11-10-18(17-9-8-16(28)12-19(17)25)20(14-4-6-15(24)7-5-14)21(23)13(2)27(26)22(23)29/h4-13,18,20-21,28H,3,26H2,1-2H3/t13-,18+,20+,21+,23-/m1/s1. The summed E-state index contributed by atoms with van der Waals surface area (Å²) >= 11 is 12.7. The van der Waals surface area contributed by atoms with E-state index in [1.807, 2.05) is 50.3 Å². The Morgan fingerprint density at radius 1 is 1.17 bits per heavy atom. The first-order chi connectivity index (χ1) is 13.8. The van der Waals surface area contributed by atoms with Crippen LogP contribution in [0, 0.1) is 11.3 Å². The van der Waals surface area contributed by atoms with Crippen LogP contribution in [0.3, 0.4) is 0 Å². The number of carbonyl (C=O) groups excluding carboxylic acids is 1. The van der Waals surface area contributed by atoms with Crippen molar-refractivity contribution in [3.63, 3.8) is 0 Å². The second-order valence-corrected chi connectivity index (χ2v) is 8.88. The summed E-state index contributed by atoms with van der Waals surface area (Å²) in [5.41, 5.74) is 1.37. The van der Waals surface area contributed by atoms with Crippen molar-refractivity contribution in [1.82, 2.24) is 5.01 Å². The summed E-state index contributed by atoms with van der Waals surface area (Å²) < 4.78 is 0. The minimum Gasteiger partial charge on any atom is -0.508 e. The third-order valence-electron chi connectivity index (χ3n) is 6.74. The van der Waals surface area contributed by atoms with Gasteiger partial charge in [-0.25, -0.2) is 5.84 Å². The summed E-state index contributed by atoms with van der Waals surface area (Å²) in [7, 11) is 0. The molecule has 0 aromatic heterocycles. The lowest BCUT2D eigenvalue weighted by molar-refractivity contribution is -0.135. The maximum Gasteiger partial charge on any atom is 0.247 e. The molecule has 3 N–H and O–H groups in total. The molecule has 4 nitrogen and oxygen atoms in total. The first-order valence-corrected chi connectivity index (χ1v) is 10.6. The molecule has 0 radical (unpaired) electrons. The first kappa shape index (κ1) is 20.3. The fourth-order valence-electron chi connectivity index (χ4n) is 5.28. The van der Waals surface area contributed by atoms with E-state index in [9.17, 15) is 9.90 Å². The quantitative estimate of drug-likeness (QED) is 0.396. The number of fused-ring (bicyclic) bond motifs is 1. The van der Waals surface area contributed by atoms with E-state index < -0.39 is 5.41 Å². The molecule has 1 aliphatic heterocycles. The molecular weight excluding hydrogens is 407 g/mol. The molecule has 1 aliphatic carbocycles. The zero-order valence-electron chi connectivity index (χ0n) is 16.3. The van der Waals surface area contributed by atoms with E-state index in [0.717, 1.165) is 11.1 Å². The van der Waals surface area contributed by atoms with Gasteiger partial charge in [0.25, 0.3) is 0 Å². The highest BCUT2D eigenvalue weighted by Gasteiger charge is 2.60. The van der Waals surface area contributed by atoms with E-state index in [4.69, 9.17) is 29.0 Å². The number of amides is 1. The first-order valence-electron chi connectivity index (χ1n) is 9.81. The maximum absolute atomic E-state index is 13.2. The van der Waals surface area contributed by atoms with Crippen LogP contribution in [0.1, 0.15) is 43.2 Å². The van der Waals surface area contributed by atoms with Crippen LogP contribution in [0.5, 0.6) is 5.75 Å². The van der Waals surface area contributed by atoms with Crippen molar-refractivity contribution in [2.24, 2.45) is 17.2 Å². The van der Waals surface area contributed by atoms with E-state index in [2.05, 4.69) is 6.08 Å². The molecule has 4 rings (SSSR count). The summed E-state index contributed by atoms with van der Waals surface area (Å²) in [5.74, 6) is 6.19. The lowest BCUT2D eigenvalue weighted by Gasteiger charge is -2.43. The number of hydrazine groups is 1. The zero-order chi connectivity index (χ0) is 20.9. The van der Waals surface area contributed by atoms with Crippen LogP contribution in [-0.2, 0) is 4.79 Å². The van der Waals surface area contributed by atoms with Gasteiger partial charge in [0.15, 0.2) is 0 Å². The van der Waals surface area contributed by atoms with E-state index in [1.54, 1.807) is 12.1 Å². The fourth-order valence-corrected chi connectivity index (χ4v) is 5.71. The van der Waals surface area contributed by atoms with Gasteiger partial charge in [-0.3, -0.25) is 9.80 Å². The van der Waals surface area contributed by atoms with Crippen LogP contribution in [-0.4, -0.2) is 22.1 Å². The molecule has 1 saturated heterocycles. The Labute approximate surface area is 180 Å². The number of rotatable bonds is 3. The Kier molecular flexibility index (Phi) is 5.14. The number of aromatic hydroxyl groups is 1. The van der Waals surface area contributed by atoms with Crippen molar-refractivity contribution >= 4 is 29.1 Å². The highest BCUT2D eigenvalue weighted by molar-refractivity contribution is 6.31. The van der Waals surface area contributed by atoms with Crippen LogP contribution in [0.4, 0.5) is 0 Å². The average molecular weight is 431 g/mol. The summed E-state index contributed by atoms with van der Waals surface area (Å²) in [5, 5.41) is 12.4. The second-order valence-electron chi connectivity index (χ2n) is 8.04. The molecule has 1 amide bonds. The summed E-state index contributed by atoms with van der Waals surface area (Å²) in [6.07, 6.45) is 4.79. The van der Waals surface area contributed by atoms with Crippen LogP contribution in [0.2, 0.25) is 10.0 Å². The van der Waals surface area contributed by atoms with Gasteiger partial charge in [0.1, 0.15) is 5.75 Å². The van der Waals surface area contributed by atoms with E-state index >= 15 is 0 Å². The number of hydrogen-bond acceptors (Lipinski definition) is 3. The predicted octanol–water partition coefficient (Wildman–Crippen LogP) is 5.25. The maximum atomic E-state index is 13.2. The molecule has 1 heterocycles. The SMILES string of the molecule is CC[C@@]12C=C[C@@H](c3ccc(O)cc3Cl)[C@H](c3ccc(Cl)cc3)[C@@H]1[C@@H](C)N(N)C2=O. The third-order valence-corrected chi connectivity index (χ3v) is 7.32. The van der Waals surface area contributed by atoms with Crippen molar-refractivity contribution in [3.05, 3.63) is 75.8 Å². The number of halogens is 2. The van der Waals surface area contributed by atoms with Crippen molar-refractivity contribution in [3.8, 4) is 5.75 Å². The van der Waals surface area contributed by atoms with Gasteiger partial charge in [-0.1, -0.05) is 60.5 Å². The molecule has 0 spiro atoms. The van der Waals surface area contributed by atoms with Crippen LogP contribution >= 0.6 is 23.2 Å². The van der Waals surface area contributed by atoms with Gasteiger partial charge in [0.05, 0.1) is 11.5 Å². The lowest BCUT2D eigenvalue weighted by Crippen LogP contribution is -2.41. The molecule has 0 bridgehead atoms. The number of nitrogens with two attached hydrogens (primary N) is 1. The molecule has 0 saturated carbocycles. The monoisotopic (exact) mass is 430 g/mol. The Morgan fingerprint density at radius 2 is 1.86 bits per heavy atom. The molecule has 2 aromatic carbocycles. The van der Waals surface area contributed by atoms with Crippen LogP contribution in [0.15, 0.2) is 54.6 Å². The van der Waals surface area contributed by atoms with Gasteiger partial charge in [-0.15, -0.1) is 0 Å². The van der Waals surface area contributed by atoms with Gasteiger partial charge >= 0.3 is 0 Å². The number of benzene rings is 2. The molecule has 29 heavy (non-hydrogen) atoms. The van der Waals surface area contributed by atoms with Crippen molar-refractivity contribution in [1.29, 1.82) is 0 Å². The summed E-state index contributed by atoms with van der Waals surface area (Å²) in [6, 6.07) is 12.7. The zero-order valence-corrected chi connectivity index (χ0v) is 17.9. The largest absolute Gasteiger partial charge is 0.508 e. The van der Waals surface area contributed by atoms with Crippen LogP contribution in [0.25, 0.3) is 0 Å². The Bertz CT molecular complexity index is 975. The Balaban J connectivity index is 1.93. The lowest BCUT2D eigenvalue weighted by atomic mass is 9.57. The smallest absolute Gasteiger partial charge is 0.247 e. The number of allylic oxidation sites excluding steroid dienone is 1. The minimum atomic E-state index is -0.641. The molecule has 5 atom stereocenters. The van der Waals surface area contributed by atoms with Gasteiger partial charge in [0.2, 0.25) is 5.91 Å². The van der Waals surface area contributed by atoms with Gasteiger partial charge in [0, 0.05) is 27.8 Å². The van der Waals surface area contributed by atoms with Crippen molar-refractivity contribution in [2.75, 3.05) is 0 Å². The summed E-state index contributed by atoms with van der Waals surface area (Å²) in [4.78, 5) is 13.2. The second kappa shape index (κ2) is 7.35. The van der Waals surface area contributed by atoms with E-state index in [1.165, 1.54) is 5.01 Å². The summed E-state index contributed by atoms with van der Waals surface area (Å²) in [6.45, 7) is 4.05. The molecule has 152 valence electrons. The van der Waals surface area contributed by atoms with Crippen molar-refractivity contribution < 1.29 is 9.90 Å². The number of hydrogen-bond donors (Lipinski definition) is 2. The van der Waals surface area contributed by atoms with Crippen molar-refractivity contribution in [2.45, 2.75) is 38.1 Å². The Morgan fingerprint density at radius 3 is 2.48 bits per heavy atom. The Hall–Kier alpha value is -2.01. The van der Waals surface area contributed by atoms with Gasteiger partial charge in [-0.2, -0.15) is 0 Å². The van der Waals surface area contributed by atoms with Gasteiger partial charge in [-0.05, 0) is 48.7 Å². The highest BCUT2D eigenvalue weighted by atomic mass is 35.5. The van der Waals surface area contributed by atoms with E-state index in [-0.39, 0.29) is 35.5 Å². The molecule has 0 unspecified atom stereocenters. The van der Waals surface area contributed by atoms with Gasteiger partial charge < -0.3 is 5.11 Å². The number of nitrogens with zero attached hydrogens (tertiary/aromatic N) is 1. The highest BCUT2D eigenvalue weighted by Crippen LogP contribution is 2.59. The molecule has 2 aliphatic rings. The molecule has 6 heteroatoms. The average Bonchev–Trinajstić information content (AvgIpc) is 2.90. The van der Waals surface area contributed by atoms with E-state index in [0.29, 0.717) is 16.5 Å². The number of carbonyl (C=O) groups is 1. The normalized spacial score (nSPS) is 31.2. The third kappa shape index (κ3) is 3.05. The van der Waals surface area contributed by atoms with Crippen LogP contribution < -0.4 is 5.84 Å². The minimum absolute atomic E-state index is 0.0215. The number of phenols is 1. The topological polar surface area (TPSA) is 66.6 Å². The molecule has 1 fully saturated rings. The fraction of sp³-hybridized carbons (Fsp3) is 0.348. The molecular formula is C23H24Cl2N2O2. The predicted molar refractivity (Wildman–Crippen MR) is 116 cm³/mol. The molecule has 2 aromatic rings. The number of phenolic OH excluding ortho intramolecular Hbond substituents is 1.